The van der Waals surface area contributed by atoms with Crippen molar-refractivity contribution in [3.8, 4) is 5.69 Å². The van der Waals surface area contributed by atoms with Crippen molar-refractivity contribution in [3.05, 3.63) is 46.3 Å². The number of aliphatic carboxylic acids is 1. The standard InChI is InChI=1S/C18H18ClFN2O4/c19-12-7-6-11(8-14(23)24)16(15(12)20)22-9-13(18(25)26)21-17(22)10-4-2-1-3-5-10/h6-7,9-10H,1-5,8H2,(H,23,24)(H,25,26). The summed E-state index contributed by atoms with van der Waals surface area (Å²) < 4.78 is 16.2. The van der Waals surface area contributed by atoms with Crippen molar-refractivity contribution in [2.45, 2.75) is 44.4 Å². The average molecular weight is 381 g/mol. The summed E-state index contributed by atoms with van der Waals surface area (Å²) in [6, 6.07) is 2.74. The third-order valence-electron chi connectivity index (χ3n) is 4.66. The topological polar surface area (TPSA) is 92.4 Å². The molecule has 26 heavy (non-hydrogen) atoms. The Labute approximate surface area is 154 Å². The number of hydrogen-bond donors (Lipinski definition) is 2. The van der Waals surface area contributed by atoms with Crippen LogP contribution < -0.4 is 0 Å². The Balaban J connectivity index is 2.20. The number of carboxylic acids is 2. The zero-order valence-electron chi connectivity index (χ0n) is 13.9. The molecule has 138 valence electrons. The van der Waals surface area contributed by atoms with E-state index in [-0.39, 0.29) is 27.9 Å². The fourth-order valence-electron chi connectivity index (χ4n) is 3.47. The minimum absolute atomic E-state index is 0.00657. The predicted octanol–water partition coefficient (Wildman–Crippen LogP) is 4.04. The number of rotatable bonds is 5. The molecule has 0 aliphatic heterocycles. The van der Waals surface area contributed by atoms with Gasteiger partial charge in [-0.15, -0.1) is 0 Å². The van der Waals surface area contributed by atoms with Crippen molar-refractivity contribution in [2.24, 2.45) is 0 Å². The second kappa shape index (κ2) is 7.45. The van der Waals surface area contributed by atoms with Crippen molar-refractivity contribution in [1.29, 1.82) is 0 Å². The minimum atomic E-state index is -1.22. The number of aromatic nitrogens is 2. The Morgan fingerprint density at radius 1 is 1.23 bits per heavy atom. The molecule has 0 atom stereocenters. The number of carbonyl (C=O) groups is 2. The summed E-state index contributed by atoms with van der Waals surface area (Å²) in [6.07, 6.45) is 5.55. The normalized spacial score (nSPS) is 15.2. The average Bonchev–Trinajstić information content (AvgIpc) is 3.04. The van der Waals surface area contributed by atoms with E-state index in [1.165, 1.54) is 22.9 Å². The highest BCUT2D eigenvalue weighted by molar-refractivity contribution is 6.31. The second-order valence-electron chi connectivity index (χ2n) is 6.43. The van der Waals surface area contributed by atoms with Crippen LogP contribution in [0.4, 0.5) is 4.39 Å². The van der Waals surface area contributed by atoms with Crippen molar-refractivity contribution < 1.29 is 24.2 Å². The maximum Gasteiger partial charge on any atom is 0.356 e. The highest BCUT2D eigenvalue weighted by Crippen LogP contribution is 2.35. The van der Waals surface area contributed by atoms with E-state index in [0.717, 1.165) is 32.1 Å². The van der Waals surface area contributed by atoms with Crippen molar-refractivity contribution in [3.63, 3.8) is 0 Å². The number of aromatic carboxylic acids is 1. The first-order chi connectivity index (χ1) is 12.4. The monoisotopic (exact) mass is 380 g/mol. The Bertz CT molecular complexity index is 859. The van der Waals surface area contributed by atoms with E-state index in [1.807, 2.05) is 0 Å². The molecular weight excluding hydrogens is 363 g/mol. The van der Waals surface area contributed by atoms with E-state index in [9.17, 15) is 19.1 Å². The summed E-state index contributed by atoms with van der Waals surface area (Å²) >= 11 is 5.91. The van der Waals surface area contributed by atoms with Crippen LogP contribution in [0.5, 0.6) is 0 Å². The van der Waals surface area contributed by atoms with Crippen molar-refractivity contribution >= 4 is 23.5 Å². The van der Waals surface area contributed by atoms with Gasteiger partial charge in [0.05, 0.1) is 17.1 Å². The Hall–Kier alpha value is -2.41. The van der Waals surface area contributed by atoms with E-state index in [1.54, 1.807) is 0 Å². The van der Waals surface area contributed by atoms with Crippen LogP contribution in [0.3, 0.4) is 0 Å². The highest BCUT2D eigenvalue weighted by atomic mass is 35.5. The molecule has 0 spiro atoms. The van der Waals surface area contributed by atoms with Gasteiger partial charge in [0.15, 0.2) is 11.5 Å². The lowest BCUT2D eigenvalue weighted by atomic mass is 9.88. The number of carboxylic acid groups (broad SMARTS) is 2. The molecule has 1 aliphatic carbocycles. The molecule has 0 unspecified atom stereocenters. The molecule has 8 heteroatoms. The zero-order valence-corrected chi connectivity index (χ0v) is 14.7. The van der Waals surface area contributed by atoms with Gasteiger partial charge in [0.1, 0.15) is 5.82 Å². The molecule has 0 radical (unpaired) electrons. The maximum absolute atomic E-state index is 14.8. The van der Waals surface area contributed by atoms with Gasteiger partial charge in [0.25, 0.3) is 0 Å². The van der Waals surface area contributed by atoms with E-state index in [4.69, 9.17) is 16.7 Å². The van der Waals surface area contributed by atoms with Crippen LogP contribution in [0.1, 0.15) is 59.9 Å². The minimum Gasteiger partial charge on any atom is -0.481 e. The molecule has 3 rings (SSSR count). The fraction of sp³-hybridized carbons (Fsp3) is 0.389. The first kappa shape index (κ1) is 18.4. The molecule has 1 aliphatic rings. The number of hydrogen-bond acceptors (Lipinski definition) is 3. The van der Waals surface area contributed by atoms with Gasteiger partial charge < -0.3 is 10.2 Å². The molecule has 1 saturated carbocycles. The lowest BCUT2D eigenvalue weighted by Gasteiger charge is -2.23. The molecule has 0 amide bonds. The fourth-order valence-corrected chi connectivity index (χ4v) is 3.62. The molecule has 1 aromatic heterocycles. The second-order valence-corrected chi connectivity index (χ2v) is 6.84. The van der Waals surface area contributed by atoms with Gasteiger partial charge >= 0.3 is 11.9 Å². The number of halogens is 2. The Morgan fingerprint density at radius 3 is 2.54 bits per heavy atom. The first-order valence-corrected chi connectivity index (χ1v) is 8.78. The molecular formula is C18H18ClFN2O4. The lowest BCUT2D eigenvalue weighted by molar-refractivity contribution is -0.136. The number of nitrogens with zero attached hydrogens (tertiary/aromatic N) is 2. The smallest absolute Gasteiger partial charge is 0.356 e. The number of imidazole rings is 1. The van der Waals surface area contributed by atoms with Crippen LogP contribution in [0.25, 0.3) is 5.69 Å². The number of benzene rings is 1. The quantitative estimate of drug-likeness (QED) is 0.816. The van der Waals surface area contributed by atoms with E-state index >= 15 is 0 Å². The summed E-state index contributed by atoms with van der Waals surface area (Å²) in [6.45, 7) is 0. The maximum atomic E-state index is 14.8. The molecule has 1 aromatic carbocycles. The van der Waals surface area contributed by atoms with E-state index in [0.29, 0.717) is 5.82 Å². The van der Waals surface area contributed by atoms with Crippen LogP contribution in [-0.2, 0) is 11.2 Å². The van der Waals surface area contributed by atoms with Crippen molar-refractivity contribution in [2.75, 3.05) is 0 Å². The van der Waals surface area contributed by atoms with Crippen LogP contribution in [0, 0.1) is 5.82 Å². The summed E-state index contributed by atoms with van der Waals surface area (Å²) in [5.74, 6) is -2.69. The van der Waals surface area contributed by atoms with Crippen LogP contribution >= 0.6 is 11.6 Å². The summed E-state index contributed by atoms with van der Waals surface area (Å²) in [4.78, 5) is 26.8. The third-order valence-corrected chi connectivity index (χ3v) is 4.95. The molecule has 1 heterocycles. The van der Waals surface area contributed by atoms with Crippen molar-refractivity contribution in [1.82, 2.24) is 9.55 Å². The Kier molecular flexibility index (Phi) is 5.27. The molecule has 0 bridgehead atoms. The highest BCUT2D eigenvalue weighted by Gasteiger charge is 2.27. The van der Waals surface area contributed by atoms with Gasteiger partial charge in [-0.2, -0.15) is 0 Å². The van der Waals surface area contributed by atoms with Gasteiger partial charge in [-0.25, -0.2) is 14.2 Å². The Morgan fingerprint density at radius 2 is 1.92 bits per heavy atom. The largest absolute Gasteiger partial charge is 0.481 e. The lowest BCUT2D eigenvalue weighted by Crippen LogP contribution is -2.14. The van der Waals surface area contributed by atoms with Gasteiger partial charge in [0, 0.05) is 12.1 Å². The van der Waals surface area contributed by atoms with Gasteiger partial charge in [-0.3, -0.25) is 9.36 Å². The molecule has 1 fully saturated rings. The van der Waals surface area contributed by atoms with Crippen LogP contribution in [-0.4, -0.2) is 31.7 Å². The van der Waals surface area contributed by atoms with Gasteiger partial charge in [0.2, 0.25) is 0 Å². The summed E-state index contributed by atoms with van der Waals surface area (Å²) in [7, 11) is 0. The predicted molar refractivity (Wildman–Crippen MR) is 92.7 cm³/mol. The molecule has 6 nitrogen and oxygen atoms in total. The van der Waals surface area contributed by atoms with Crippen LogP contribution in [0.2, 0.25) is 5.02 Å². The third kappa shape index (κ3) is 3.58. The van der Waals surface area contributed by atoms with Crippen LogP contribution in [0.15, 0.2) is 18.3 Å². The van der Waals surface area contributed by atoms with E-state index in [2.05, 4.69) is 4.98 Å². The molecule has 2 aromatic rings. The zero-order chi connectivity index (χ0) is 18.8. The van der Waals surface area contributed by atoms with Gasteiger partial charge in [-0.1, -0.05) is 36.9 Å². The molecule has 2 N–H and O–H groups in total. The summed E-state index contributed by atoms with van der Waals surface area (Å²) in [5.41, 5.74) is -0.0301. The SMILES string of the molecule is O=C(O)Cc1ccc(Cl)c(F)c1-n1cc(C(=O)O)nc1C1CCCCC1. The van der Waals surface area contributed by atoms with E-state index < -0.39 is 24.2 Å². The summed E-state index contributed by atoms with van der Waals surface area (Å²) in [5, 5.41) is 18.3. The first-order valence-electron chi connectivity index (χ1n) is 8.40. The molecule has 0 saturated heterocycles. The van der Waals surface area contributed by atoms with Gasteiger partial charge in [-0.05, 0) is 24.5 Å².